The van der Waals surface area contributed by atoms with Crippen LogP contribution in [-0.2, 0) is 16.1 Å². The Morgan fingerprint density at radius 1 is 1.38 bits per heavy atom. The summed E-state index contributed by atoms with van der Waals surface area (Å²) >= 11 is 6.21. The Morgan fingerprint density at radius 3 is 3.00 bits per heavy atom. The molecule has 1 aromatic heterocycles. The highest BCUT2D eigenvalue weighted by Gasteiger charge is 2.18. The van der Waals surface area contributed by atoms with Gasteiger partial charge in [-0.05, 0) is 37.9 Å². The molecule has 1 atom stereocenters. The van der Waals surface area contributed by atoms with E-state index in [0.717, 1.165) is 31.6 Å². The lowest BCUT2D eigenvalue weighted by Crippen LogP contribution is -2.38. The minimum absolute atomic E-state index is 0.0655. The van der Waals surface area contributed by atoms with Gasteiger partial charge in [-0.3, -0.25) is 9.69 Å². The summed E-state index contributed by atoms with van der Waals surface area (Å²) in [6.45, 7) is 2.42. The third-order valence-electron chi connectivity index (χ3n) is 4.46. The summed E-state index contributed by atoms with van der Waals surface area (Å²) in [6, 6.07) is 9.42. The lowest BCUT2D eigenvalue weighted by molar-refractivity contribution is -0.117. The molecule has 0 aliphatic carbocycles. The smallest absolute Gasteiger partial charge is 0.239 e. The number of hydrogen-bond donors (Lipinski definition) is 1. The second-order valence-electron chi connectivity index (χ2n) is 6.70. The van der Waals surface area contributed by atoms with E-state index in [9.17, 15) is 4.79 Å². The topological polar surface area (TPSA) is 59.4 Å². The van der Waals surface area contributed by atoms with Crippen molar-refractivity contribution in [1.82, 2.24) is 14.7 Å². The number of amides is 1. The van der Waals surface area contributed by atoms with Gasteiger partial charge in [-0.15, -0.1) is 0 Å². The summed E-state index contributed by atoms with van der Waals surface area (Å²) in [5.41, 5.74) is 0.958. The maximum atomic E-state index is 12.4. The van der Waals surface area contributed by atoms with E-state index < -0.39 is 0 Å². The summed E-state index contributed by atoms with van der Waals surface area (Å²) in [5, 5.41) is 7.91. The van der Waals surface area contributed by atoms with Gasteiger partial charge in [-0.1, -0.05) is 29.8 Å². The molecule has 1 N–H and O–H groups in total. The van der Waals surface area contributed by atoms with Crippen molar-refractivity contribution in [2.24, 2.45) is 0 Å². The fourth-order valence-electron chi connectivity index (χ4n) is 3.14. The number of nitrogens with zero attached hydrogens (tertiary/aromatic N) is 3. The van der Waals surface area contributed by atoms with Crippen LogP contribution in [0, 0.1) is 0 Å². The Bertz CT molecular complexity index is 728. The maximum Gasteiger partial charge on any atom is 0.239 e. The third kappa shape index (κ3) is 5.30. The molecule has 1 aliphatic rings. The van der Waals surface area contributed by atoms with Crippen molar-refractivity contribution in [3.8, 4) is 0 Å². The number of likely N-dealkylation sites (N-methyl/N-ethyl adjacent to an activating group) is 1. The van der Waals surface area contributed by atoms with Gasteiger partial charge in [-0.25, -0.2) is 4.68 Å². The summed E-state index contributed by atoms with van der Waals surface area (Å²) < 4.78 is 7.47. The van der Waals surface area contributed by atoms with Gasteiger partial charge in [0, 0.05) is 24.2 Å². The van der Waals surface area contributed by atoms with E-state index >= 15 is 0 Å². The van der Waals surface area contributed by atoms with Crippen molar-refractivity contribution >= 4 is 23.3 Å². The molecule has 0 radical (unpaired) electrons. The van der Waals surface area contributed by atoms with Crippen LogP contribution in [0.2, 0.25) is 5.02 Å². The lowest BCUT2D eigenvalue weighted by atomic mass is 10.1. The summed E-state index contributed by atoms with van der Waals surface area (Å²) in [6.07, 6.45) is 5.30. The molecule has 140 valence electrons. The monoisotopic (exact) mass is 376 g/mol. The number of benzene rings is 1. The Balaban J connectivity index is 1.53. The Kier molecular flexibility index (Phi) is 6.66. The molecular weight excluding hydrogens is 352 g/mol. The summed E-state index contributed by atoms with van der Waals surface area (Å²) in [7, 11) is 1.94. The number of anilines is 1. The van der Waals surface area contributed by atoms with Crippen LogP contribution in [0.4, 0.5) is 5.82 Å². The SMILES string of the molecule is CN(CC(=O)Nc1ccnn1Cc1ccccc1Cl)CC1CCCCO1. The van der Waals surface area contributed by atoms with Gasteiger partial charge < -0.3 is 10.1 Å². The molecule has 1 aromatic carbocycles. The largest absolute Gasteiger partial charge is 0.377 e. The molecule has 2 aromatic rings. The van der Waals surface area contributed by atoms with Gasteiger partial charge in [0.2, 0.25) is 5.91 Å². The molecule has 26 heavy (non-hydrogen) atoms. The fraction of sp³-hybridized carbons (Fsp3) is 0.474. The second kappa shape index (κ2) is 9.16. The van der Waals surface area contributed by atoms with Crippen LogP contribution >= 0.6 is 11.6 Å². The first-order valence-electron chi connectivity index (χ1n) is 8.97. The van der Waals surface area contributed by atoms with Crippen molar-refractivity contribution in [1.29, 1.82) is 0 Å². The standard InChI is InChI=1S/C19H25ClN4O2/c1-23(13-16-7-4-5-11-26-16)14-19(25)22-18-9-10-21-24(18)12-15-6-2-3-8-17(15)20/h2-3,6,8-10,16H,4-5,7,11-14H2,1H3,(H,22,25). The normalized spacial score (nSPS) is 17.4. The molecule has 7 heteroatoms. The molecule has 1 aliphatic heterocycles. The van der Waals surface area contributed by atoms with Crippen molar-refractivity contribution in [2.45, 2.75) is 31.9 Å². The first kappa shape index (κ1) is 18.9. The van der Waals surface area contributed by atoms with E-state index in [1.54, 1.807) is 16.9 Å². The zero-order valence-corrected chi connectivity index (χ0v) is 15.8. The molecule has 3 rings (SSSR count). The number of aromatic nitrogens is 2. The fourth-order valence-corrected chi connectivity index (χ4v) is 3.34. The van der Waals surface area contributed by atoms with Gasteiger partial charge in [0.25, 0.3) is 0 Å². The van der Waals surface area contributed by atoms with Crippen LogP contribution in [0.5, 0.6) is 0 Å². The molecule has 6 nitrogen and oxygen atoms in total. The van der Waals surface area contributed by atoms with Gasteiger partial charge in [0.1, 0.15) is 5.82 Å². The van der Waals surface area contributed by atoms with E-state index in [4.69, 9.17) is 16.3 Å². The molecule has 1 fully saturated rings. The van der Waals surface area contributed by atoms with Crippen molar-refractivity contribution in [3.05, 3.63) is 47.1 Å². The molecule has 2 heterocycles. The van der Waals surface area contributed by atoms with Crippen molar-refractivity contribution in [2.75, 3.05) is 32.1 Å². The molecule has 1 amide bonds. The van der Waals surface area contributed by atoms with Crippen LogP contribution in [-0.4, -0.2) is 53.4 Å². The van der Waals surface area contributed by atoms with Gasteiger partial charge in [0.05, 0.1) is 25.4 Å². The first-order valence-corrected chi connectivity index (χ1v) is 9.35. The highest BCUT2D eigenvalue weighted by atomic mass is 35.5. The number of halogens is 1. The number of carbonyl (C=O) groups is 1. The van der Waals surface area contributed by atoms with Crippen molar-refractivity contribution < 1.29 is 9.53 Å². The number of nitrogens with one attached hydrogen (secondary N) is 1. The molecular formula is C19H25ClN4O2. The van der Waals surface area contributed by atoms with E-state index in [1.165, 1.54) is 6.42 Å². The number of hydrogen-bond acceptors (Lipinski definition) is 4. The number of rotatable bonds is 7. The maximum absolute atomic E-state index is 12.4. The first-order chi connectivity index (χ1) is 12.6. The van der Waals surface area contributed by atoms with E-state index in [1.807, 2.05) is 36.2 Å². The minimum Gasteiger partial charge on any atom is -0.377 e. The van der Waals surface area contributed by atoms with Gasteiger partial charge in [-0.2, -0.15) is 5.10 Å². The quantitative estimate of drug-likeness (QED) is 0.807. The van der Waals surface area contributed by atoms with E-state index in [-0.39, 0.29) is 12.0 Å². The van der Waals surface area contributed by atoms with Gasteiger partial charge >= 0.3 is 0 Å². The molecule has 1 saturated heterocycles. The summed E-state index contributed by atoms with van der Waals surface area (Å²) in [5.74, 6) is 0.599. The molecule has 0 saturated carbocycles. The predicted molar refractivity (Wildman–Crippen MR) is 102 cm³/mol. The minimum atomic E-state index is -0.0655. The average molecular weight is 377 g/mol. The molecule has 0 bridgehead atoms. The van der Waals surface area contributed by atoms with Crippen LogP contribution in [0.25, 0.3) is 0 Å². The second-order valence-corrected chi connectivity index (χ2v) is 7.11. The number of ether oxygens (including phenoxy) is 1. The van der Waals surface area contributed by atoms with E-state index in [2.05, 4.69) is 10.4 Å². The zero-order chi connectivity index (χ0) is 18.4. The zero-order valence-electron chi connectivity index (χ0n) is 15.0. The van der Waals surface area contributed by atoms with Crippen molar-refractivity contribution in [3.63, 3.8) is 0 Å². The Labute approximate surface area is 159 Å². The van der Waals surface area contributed by atoms with Crippen LogP contribution in [0.3, 0.4) is 0 Å². The van der Waals surface area contributed by atoms with Crippen LogP contribution in [0.15, 0.2) is 36.5 Å². The van der Waals surface area contributed by atoms with Crippen LogP contribution < -0.4 is 5.32 Å². The highest BCUT2D eigenvalue weighted by Crippen LogP contribution is 2.18. The highest BCUT2D eigenvalue weighted by molar-refractivity contribution is 6.31. The Hall–Kier alpha value is -1.89. The van der Waals surface area contributed by atoms with E-state index in [0.29, 0.717) is 23.9 Å². The average Bonchev–Trinajstić information content (AvgIpc) is 3.04. The molecule has 0 spiro atoms. The number of carbonyl (C=O) groups excluding carboxylic acids is 1. The predicted octanol–water partition coefficient (Wildman–Crippen LogP) is 3.02. The summed E-state index contributed by atoms with van der Waals surface area (Å²) in [4.78, 5) is 14.4. The molecule has 1 unspecified atom stereocenters. The lowest BCUT2D eigenvalue weighted by Gasteiger charge is -2.27. The van der Waals surface area contributed by atoms with Crippen LogP contribution in [0.1, 0.15) is 24.8 Å². The third-order valence-corrected chi connectivity index (χ3v) is 4.83. The van der Waals surface area contributed by atoms with Gasteiger partial charge in [0.15, 0.2) is 0 Å². The Morgan fingerprint density at radius 2 is 2.23 bits per heavy atom.